The molecule has 0 aliphatic carbocycles. The molecule has 0 spiro atoms. The van der Waals surface area contributed by atoms with Crippen molar-refractivity contribution in [2.75, 3.05) is 13.1 Å². The quantitative estimate of drug-likeness (QED) is 0.796. The maximum absolute atomic E-state index is 5.81. The highest BCUT2D eigenvalue weighted by Gasteiger charge is 2.20. The van der Waals surface area contributed by atoms with Crippen LogP contribution in [0.15, 0.2) is 22.6 Å². The van der Waals surface area contributed by atoms with Crippen LogP contribution in [-0.2, 0) is 0 Å². The van der Waals surface area contributed by atoms with E-state index in [4.69, 9.17) is 4.42 Å². The smallest absolute Gasteiger partial charge is 0.199 e. The Morgan fingerprint density at radius 2 is 2.38 bits per heavy atom. The molecule has 1 saturated heterocycles. The van der Waals surface area contributed by atoms with Gasteiger partial charge in [0.15, 0.2) is 11.5 Å². The fourth-order valence-corrected chi connectivity index (χ4v) is 2.29. The van der Waals surface area contributed by atoms with Gasteiger partial charge in [-0.3, -0.25) is 0 Å². The fraction of sp³-hybridized carbons (Fsp3) is 0.462. The first-order valence-corrected chi connectivity index (χ1v) is 5.91. The van der Waals surface area contributed by atoms with Crippen LogP contribution in [0.3, 0.4) is 0 Å². The van der Waals surface area contributed by atoms with Gasteiger partial charge >= 0.3 is 0 Å². The monoisotopic (exact) mass is 216 g/mol. The van der Waals surface area contributed by atoms with Gasteiger partial charge in [0.25, 0.3) is 0 Å². The summed E-state index contributed by atoms with van der Waals surface area (Å²) in [5, 5.41) is 3.39. The summed E-state index contributed by atoms with van der Waals surface area (Å²) in [5.41, 5.74) is 3.13. The summed E-state index contributed by atoms with van der Waals surface area (Å²) in [5.74, 6) is 1.34. The highest BCUT2D eigenvalue weighted by atomic mass is 16.3. The van der Waals surface area contributed by atoms with E-state index in [-0.39, 0.29) is 0 Å². The molecule has 1 fully saturated rings. The minimum atomic E-state index is 0.446. The van der Waals surface area contributed by atoms with Crippen LogP contribution in [0.1, 0.15) is 30.2 Å². The lowest BCUT2D eigenvalue weighted by Gasteiger charge is -2.19. The minimum absolute atomic E-state index is 0.446. The number of nitrogens with zero attached hydrogens (tertiary/aromatic N) is 1. The minimum Gasteiger partial charge on any atom is -0.440 e. The lowest BCUT2D eigenvalue weighted by atomic mass is 10.00. The fourth-order valence-electron chi connectivity index (χ4n) is 2.29. The molecule has 1 atom stereocenters. The van der Waals surface area contributed by atoms with Crippen LogP contribution in [0, 0.1) is 6.92 Å². The van der Waals surface area contributed by atoms with Gasteiger partial charge in [-0.1, -0.05) is 6.07 Å². The van der Waals surface area contributed by atoms with Gasteiger partial charge in [0.05, 0.1) is 0 Å². The Hall–Kier alpha value is -1.35. The van der Waals surface area contributed by atoms with Crippen LogP contribution in [0.4, 0.5) is 0 Å². The van der Waals surface area contributed by atoms with Crippen LogP contribution in [0.2, 0.25) is 0 Å². The summed E-state index contributed by atoms with van der Waals surface area (Å²) < 4.78 is 5.81. The van der Waals surface area contributed by atoms with E-state index in [1.54, 1.807) is 0 Å². The zero-order valence-electron chi connectivity index (χ0n) is 9.49. The van der Waals surface area contributed by atoms with Crippen molar-refractivity contribution < 1.29 is 4.42 Å². The lowest BCUT2D eigenvalue weighted by molar-refractivity contribution is 0.387. The largest absolute Gasteiger partial charge is 0.440 e. The molecule has 3 heteroatoms. The third kappa shape index (κ3) is 1.71. The molecule has 0 saturated carbocycles. The van der Waals surface area contributed by atoms with Crippen LogP contribution in [0.5, 0.6) is 0 Å². The molecule has 1 aliphatic rings. The zero-order valence-corrected chi connectivity index (χ0v) is 9.49. The summed E-state index contributed by atoms with van der Waals surface area (Å²) in [4.78, 5) is 4.59. The Kier molecular flexibility index (Phi) is 2.40. The van der Waals surface area contributed by atoms with Crippen LogP contribution in [0.25, 0.3) is 11.1 Å². The maximum atomic E-state index is 5.81. The van der Waals surface area contributed by atoms with E-state index in [1.165, 1.54) is 18.4 Å². The standard InChI is InChI=1S/C13H16N2O/c1-9-4-5-12-11(7-9)15-13(16-12)10-3-2-6-14-8-10/h4-5,7,10,14H,2-3,6,8H2,1H3. The summed E-state index contributed by atoms with van der Waals surface area (Å²) in [6, 6.07) is 6.16. The molecule has 0 bridgehead atoms. The molecule has 3 nitrogen and oxygen atoms in total. The number of rotatable bonds is 1. The topological polar surface area (TPSA) is 38.1 Å². The zero-order chi connectivity index (χ0) is 11.0. The Labute approximate surface area is 94.9 Å². The third-order valence-electron chi connectivity index (χ3n) is 3.21. The van der Waals surface area contributed by atoms with Crippen LogP contribution >= 0.6 is 0 Å². The second kappa shape index (κ2) is 3.91. The van der Waals surface area contributed by atoms with Crippen molar-refractivity contribution in [2.45, 2.75) is 25.7 Å². The van der Waals surface area contributed by atoms with Gasteiger partial charge in [-0.15, -0.1) is 0 Å². The number of hydrogen-bond donors (Lipinski definition) is 1. The molecule has 1 unspecified atom stereocenters. The number of fused-ring (bicyclic) bond motifs is 1. The summed E-state index contributed by atoms with van der Waals surface area (Å²) >= 11 is 0. The number of aryl methyl sites for hydroxylation is 1. The molecular formula is C13H16N2O. The van der Waals surface area contributed by atoms with Gasteiger partial charge in [-0.05, 0) is 44.0 Å². The lowest BCUT2D eigenvalue weighted by Crippen LogP contribution is -2.28. The molecule has 0 amide bonds. The first kappa shape index (κ1) is 9.85. The number of aromatic nitrogens is 1. The van der Waals surface area contributed by atoms with Gasteiger partial charge in [0.1, 0.15) is 5.52 Å². The van der Waals surface area contributed by atoms with E-state index in [2.05, 4.69) is 29.4 Å². The van der Waals surface area contributed by atoms with Crippen molar-refractivity contribution in [2.24, 2.45) is 0 Å². The molecule has 1 N–H and O–H groups in total. The molecule has 0 radical (unpaired) electrons. The van der Waals surface area contributed by atoms with Gasteiger partial charge in [-0.2, -0.15) is 0 Å². The van der Waals surface area contributed by atoms with Gasteiger partial charge in [0, 0.05) is 12.5 Å². The normalized spacial score (nSPS) is 21.4. The summed E-state index contributed by atoms with van der Waals surface area (Å²) in [6.07, 6.45) is 2.39. The van der Waals surface area contributed by atoms with Gasteiger partial charge < -0.3 is 9.73 Å². The van der Waals surface area contributed by atoms with Crippen molar-refractivity contribution >= 4 is 11.1 Å². The molecule has 3 rings (SSSR count). The van der Waals surface area contributed by atoms with Crippen molar-refractivity contribution in [1.29, 1.82) is 0 Å². The highest BCUT2D eigenvalue weighted by molar-refractivity contribution is 5.73. The summed E-state index contributed by atoms with van der Waals surface area (Å²) in [6.45, 7) is 4.19. The Balaban J connectivity index is 1.97. The molecule has 2 aromatic rings. The van der Waals surface area contributed by atoms with Crippen LogP contribution in [-0.4, -0.2) is 18.1 Å². The van der Waals surface area contributed by atoms with Crippen molar-refractivity contribution in [3.05, 3.63) is 29.7 Å². The van der Waals surface area contributed by atoms with Crippen molar-refractivity contribution in [3.63, 3.8) is 0 Å². The molecule has 2 heterocycles. The average molecular weight is 216 g/mol. The van der Waals surface area contributed by atoms with Crippen molar-refractivity contribution in [1.82, 2.24) is 10.3 Å². The molecule has 84 valence electrons. The molecule has 1 aromatic heterocycles. The second-order valence-corrected chi connectivity index (χ2v) is 4.57. The predicted octanol–water partition coefficient (Wildman–Crippen LogP) is 2.60. The van der Waals surface area contributed by atoms with Gasteiger partial charge in [0.2, 0.25) is 0 Å². The first-order chi connectivity index (χ1) is 7.83. The first-order valence-electron chi connectivity index (χ1n) is 5.91. The predicted molar refractivity (Wildman–Crippen MR) is 63.6 cm³/mol. The average Bonchev–Trinajstić information content (AvgIpc) is 2.73. The van der Waals surface area contributed by atoms with E-state index in [0.717, 1.165) is 30.1 Å². The molecular weight excluding hydrogens is 200 g/mol. The Morgan fingerprint density at radius 1 is 1.44 bits per heavy atom. The molecule has 1 aromatic carbocycles. The number of oxazole rings is 1. The van der Waals surface area contributed by atoms with E-state index >= 15 is 0 Å². The van der Waals surface area contributed by atoms with Gasteiger partial charge in [-0.25, -0.2) is 4.98 Å². The highest BCUT2D eigenvalue weighted by Crippen LogP contribution is 2.26. The van der Waals surface area contributed by atoms with E-state index in [9.17, 15) is 0 Å². The number of hydrogen-bond acceptors (Lipinski definition) is 3. The maximum Gasteiger partial charge on any atom is 0.199 e. The number of nitrogens with one attached hydrogen (secondary N) is 1. The molecule has 16 heavy (non-hydrogen) atoms. The van der Waals surface area contributed by atoms with E-state index in [1.807, 2.05) is 6.07 Å². The third-order valence-corrected chi connectivity index (χ3v) is 3.21. The number of benzene rings is 1. The summed E-state index contributed by atoms with van der Waals surface area (Å²) in [7, 11) is 0. The van der Waals surface area contributed by atoms with Crippen molar-refractivity contribution in [3.8, 4) is 0 Å². The Bertz CT molecular complexity index is 498. The molecule has 1 aliphatic heterocycles. The number of piperidine rings is 1. The Morgan fingerprint density at radius 3 is 3.19 bits per heavy atom. The van der Waals surface area contributed by atoms with Crippen LogP contribution < -0.4 is 5.32 Å². The SMILES string of the molecule is Cc1ccc2oc(C3CCCNC3)nc2c1. The van der Waals surface area contributed by atoms with E-state index < -0.39 is 0 Å². The van der Waals surface area contributed by atoms with E-state index in [0.29, 0.717) is 5.92 Å². The second-order valence-electron chi connectivity index (χ2n) is 4.57.